The van der Waals surface area contributed by atoms with E-state index in [0.29, 0.717) is 11.6 Å². The van der Waals surface area contributed by atoms with Crippen molar-refractivity contribution >= 4 is 5.91 Å². The Morgan fingerprint density at radius 3 is 2.39 bits per heavy atom. The summed E-state index contributed by atoms with van der Waals surface area (Å²) in [6.45, 7) is 3.51. The molecule has 0 aliphatic carbocycles. The molecule has 1 aromatic carbocycles. The molecule has 2 saturated heterocycles. The Labute approximate surface area is 165 Å². The number of benzene rings is 1. The predicted molar refractivity (Wildman–Crippen MR) is 105 cm³/mol. The van der Waals surface area contributed by atoms with Gasteiger partial charge < -0.3 is 9.64 Å². The van der Waals surface area contributed by atoms with Gasteiger partial charge in [-0.2, -0.15) is 0 Å². The van der Waals surface area contributed by atoms with Crippen molar-refractivity contribution in [2.24, 2.45) is 0 Å². The van der Waals surface area contributed by atoms with E-state index in [1.807, 2.05) is 17.0 Å². The summed E-state index contributed by atoms with van der Waals surface area (Å²) in [6.07, 6.45) is 7.74. The van der Waals surface area contributed by atoms with E-state index in [0.717, 1.165) is 57.6 Å². The van der Waals surface area contributed by atoms with E-state index in [9.17, 15) is 9.18 Å². The minimum Gasteiger partial charge on any atom is -0.490 e. The van der Waals surface area contributed by atoms with E-state index >= 15 is 0 Å². The topological polar surface area (TPSA) is 45.7 Å². The number of piperidine rings is 2. The first-order valence-corrected chi connectivity index (χ1v) is 10.0. The monoisotopic (exact) mass is 383 g/mol. The van der Waals surface area contributed by atoms with E-state index in [4.69, 9.17) is 4.74 Å². The third-order valence-electron chi connectivity index (χ3n) is 5.77. The lowest BCUT2D eigenvalue weighted by atomic mass is 9.98. The van der Waals surface area contributed by atoms with Crippen LogP contribution in [0.4, 0.5) is 4.39 Å². The van der Waals surface area contributed by atoms with Crippen LogP contribution in [0.3, 0.4) is 0 Å². The molecule has 0 radical (unpaired) electrons. The average Bonchev–Trinajstić information content (AvgIpc) is 2.75. The summed E-state index contributed by atoms with van der Waals surface area (Å²) in [5.41, 5.74) is 0.438. The van der Waals surface area contributed by atoms with Gasteiger partial charge in [0.25, 0.3) is 5.91 Å². The van der Waals surface area contributed by atoms with Crippen molar-refractivity contribution in [1.29, 1.82) is 0 Å². The molecular weight excluding hydrogens is 357 g/mol. The van der Waals surface area contributed by atoms with E-state index < -0.39 is 0 Å². The van der Waals surface area contributed by atoms with Crippen LogP contribution in [0, 0.1) is 5.82 Å². The molecule has 0 atom stereocenters. The van der Waals surface area contributed by atoms with Gasteiger partial charge in [0.15, 0.2) is 0 Å². The van der Waals surface area contributed by atoms with Crippen LogP contribution in [-0.4, -0.2) is 59.0 Å². The fraction of sp³-hybridized carbons (Fsp3) is 0.455. The van der Waals surface area contributed by atoms with Crippen LogP contribution in [-0.2, 0) is 0 Å². The maximum atomic E-state index is 13.4. The molecule has 2 aliphatic heterocycles. The van der Waals surface area contributed by atoms with Crippen molar-refractivity contribution < 1.29 is 13.9 Å². The molecule has 148 valence electrons. The van der Waals surface area contributed by atoms with Crippen molar-refractivity contribution in [3.63, 3.8) is 0 Å². The second kappa shape index (κ2) is 8.69. The summed E-state index contributed by atoms with van der Waals surface area (Å²) < 4.78 is 19.4. The number of likely N-dealkylation sites (tertiary alicyclic amines) is 2. The fourth-order valence-electron chi connectivity index (χ4n) is 4.21. The molecule has 0 unspecified atom stereocenters. The summed E-state index contributed by atoms with van der Waals surface area (Å²) in [5.74, 6) is 0.456. The number of aromatic nitrogens is 1. The van der Waals surface area contributed by atoms with Gasteiger partial charge in [-0.3, -0.25) is 14.7 Å². The van der Waals surface area contributed by atoms with Gasteiger partial charge in [0.2, 0.25) is 0 Å². The normalized spacial score (nSPS) is 19.5. The number of halogens is 1. The van der Waals surface area contributed by atoms with Gasteiger partial charge in [0.1, 0.15) is 17.7 Å². The molecule has 6 heteroatoms. The molecule has 1 aromatic heterocycles. The highest BCUT2D eigenvalue weighted by Crippen LogP contribution is 2.24. The van der Waals surface area contributed by atoms with Crippen molar-refractivity contribution in [2.75, 3.05) is 26.2 Å². The maximum Gasteiger partial charge on any atom is 0.253 e. The van der Waals surface area contributed by atoms with Gasteiger partial charge in [-0.1, -0.05) is 6.07 Å². The first kappa shape index (κ1) is 18.9. The molecule has 1 amide bonds. The zero-order valence-corrected chi connectivity index (χ0v) is 16.0. The summed E-state index contributed by atoms with van der Waals surface area (Å²) >= 11 is 0. The number of pyridine rings is 1. The number of nitrogens with zero attached hydrogens (tertiary/aromatic N) is 3. The van der Waals surface area contributed by atoms with E-state index in [2.05, 4.69) is 9.88 Å². The van der Waals surface area contributed by atoms with Gasteiger partial charge in [0, 0.05) is 50.2 Å². The Kier molecular flexibility index (Phi) is 5.86. The molecule has 0 spiro atoms. The van der Waals surface area contributed by atoms with Crippen molar-refractivity contribution in [1.82, 2.24) is 14.8 Å². The first-order chi connectivity index (χ1) is 13.7. The van der Waals surface area contributed by atoms with Crippen LogP contribution in [0.25, 0.3) is 0 Å². The highest BCUT2D eigenvalue weighted by molar-refractivity contribution is 5.94. The summed E-state index contributed by atoms with van der Waals surface area (Å²) in [4.78, 5) is 21.0. The lowest BCUT2D eigenvalue weighted by molar-refractivity contribution is 0.0425. The van der Waals surface area contributed by atoms with Gasteiger partial charge in [-0.25, -0.2) is 4.39 Å². The zero-order valence-electron chi connectivity index (χ0n) is 16.0. The molecule has 2 aromatic rings. The molecular formula is C22H26FN3O2. The highest BCUT2D eigenvalue weighted by atomic mass is 19.1. The lowest BCUT2D eigenvalue weighted by Crippen LogP contribution is -2.50. The number of ether oxygens (including phenoxy) is 1. The number of carbonyl (C=O) groups is 1. The molecule has 0 saturated carbocycles. The minimum atomic E-state index is -0.363. The summed E-state index contributed by atoms with van der Waals surface area (Å²) in [5, 5.41) is 0. The third-order valence-corrected chi connectivity index (χ3v) is 5.77. The Balaban J connectivity index is 1.24. The predicted octanol–water partition coefficient (Wildman–Crippen LogP) is 3.37. The van der Waals surface area contributed by atoms with E-state index in [1.54, 1.807) is 24.5 Å². The third kappa shape index (κ3) is 4.50. The molecule has 28 heavy (non-hydrogen) atoms. The second-order valence-corrected chi connectivity index (χ2v) is 7.57. The van der Waals surface area contributed by atoms with Crippen LogP contribution in [0.15, 0.2) is 48.8 Å². The number of carbonyl (C=O) groups excluding carboxylic acids is 1. The molecule has 0 bridgehead atoms. The molecule has 4 rings (SSSR count). The molecule has 2 fully saturated rings. The molecule has 5 nitrogen and oxygen atoms in total. The Hall–Kier alpha value is -2.47. The number of rotatable bonds is 4. The summed E-state index contributed by atoms with van der Waals surface area (Å²) in [7, 11) is 0. The quantitative estimate of drug-likeness (QED) is 0.812. The smallest absolute Gasteiger partial charge is 0.253 e. The number of amides is 1. The van der Waals surface area contributed by atoms with Gasteiger partial charge >= 0.3 is 0 Å². The SMILES string of the molecule is O=C(c1cccc(F)c1)N1CCC(N2CCC(Oc3ccncc3)CC2)CC1. The molecule has 3 heterocycles. The largest absolute Gasteiger partial charge is 0.490 e. The standard InChI is InChI=1S/C22H26FN3O2/c23-18-3-1-2-17(16-18)22(27)26-12-6-19(7-13-26)25-14-8-21(9-15-25)28-20-4-10-24-11-5-20/h1-5,10-11,16,19,21H,6-9,12-15H2. The van der Waals surface area contributed by atoms with Crippen LogP contribution >= 0.6 is 0 Å². The second-order valence-electron chi connectivity index (χ2n) is 7.57. The van der Waals surface area contributed by atoms with Gasteiger partial charge in [0.05, 0.1) is 0 Å². The number of hydrogen-bond acceptors (Lipinski definition) is 4. The van der Waals surface area contributed by atoms with E-state index in [-0.39, 0.29) is 17.8 Å². The summed E-state index contributed by atoms with van der Waals surface area (Å²) in [6, 6.07) is 10.3. The first-order valence-electron chi connectivity index (χ1n) is 10.0. The van der Waals surface area contributed by atoms with Crippen LogP contribution < -0.4 is 4.74 Å². The van der Waals surface area contributed by atoms with E-state index in [1.165, 1.54) is 12.1 Å². The van der Waals surface area contributed by atoms with Crippen LogP contribution in [0.5, 0.6) is 5.75 Å². The molecule has 0 N–H and O–H groups in total. The Morgan fingerprint density at radius 1 is 1.00 bits per heavy atom. The van der Waals surface area contributed by atoms with Crippen molar-refractivity contribution in [3.05, 3.63) is 60.2 Å². The fourth-order valence-corrected chi connectivity index (χ4v) is 4.21. The average molecular weight is 383 g/mol. The zero-order chi connectivity index (χ0) is 19.3. The minimum absolute atomic E-state index is 0.0672. The highest BCUT2D eigenvalue weighted by Gasteiger charge is 2.30. The van der Waals surface area contributed by atoms with Crippen molar-refractivity contribution in [3.8, 4) is 5.75 Å². The van der Waals surface area contributed by atoms with Gasteiger partial charge in [-0.05, 0) is 56.0 Å². The maximum absolute atomic E-state index is 13.4. The Morgan fingerprint density at radius 2 is 1.71 bits per heavy atom. The number of hydrogen-bond donors (Lipinski definition) is 0. The van der Waals surface area contributed by atoms with Crippen molar-refractivity contribution in [2.45, 2.75) is 37.8 Å². The van der Waals surface area contributed by atoms with Crippen LogP contribution in [0.1, 0.15) is 36.0 Å². The van der Waals surface area contributed by atoms with Crippen LogP contribution in [0.2, 0.25) is 0 Å². The lowest BCUT2D eigenvalue weighted by Gasteiger charge is -2.41. The molecule has 2 aliphatic rings. The van der Waals surface area contributed by atoms with Gasteiger partial charge in [-0.15, -0.1) is 0 Å². The Bertz CT molecular complexity index is 785.